The number of anilines is 1. The van der Waals surface area contributed by atoms with Crippen LogP contribution in [0.15, 0.2) is 23.1 Å². The lowest BCUT2D eigenvalue weighted by Crippen LogP contribution is -1.92. The molecule has 2 aromatic rings. The summed E-state index contributed by atoms with van der Waals surface area (Å²) in [6, 6.07) is 6.06. The molecule has 0 saturated heterocycles. The van der Waals surface area contributed by atoms with Gasteiger partial charge in [0.25, 0.3) is 0 Å². The fourth-order valence-corrected chi connectivity index (χ4v) is 6.35. The zero-order valence-electron chi connectivity index (χ0n) is 10.5. The summed E-state index contributed by atoms with van der Waals surface area (Å²) < 4.78 is 13.5. The Kier molecular flexibility index (Phi) is 4.36. The summed E-state index contributed by atoms with van der Waals surface area (Å²) >= 11 is 3.14. The van der Waals surface area contributed by atoms with Crippen molar-refractivity contribution in [2.75, 3.05) is 23.6 Å². The molecule has 0 atom stereocenters. The number of fused-ring (bicyclic) bond motifs is 1. The average molecular weight is 300 g/mol. The molecule has 0 bridgehead atoms. The number of nitrogens with two attached hydrogens (primary N) is 1. The molecule has 0 spiro atoms. The number of hydrogen-bond acceptors (Lipinski definition) is 5. The third-order valence-corrected chi connectivity index (χ3v) is 9.20. The number of para-hydroxylation sites is 1. The number of thiazole rings is 1. The van der Waals surface area contributed by atoms with Crippen LogP contribution < -0.4 is 5.73 Å². The Hall–Kier alpha value is -0.510. The fourth-order valence-electron chi connectivity index (χ4n) is 1.65. The SMILES string of the molecule is CCP(=O)(CC)CSc1cccc2sc(N)nc12. The largest absolute Gasteiger partial charge is 0.375 e. The minimum absolute atomic E-state index is 0.590. The van der Waals surface area contributed by atoms with E-state index in [-0.39, 0.29) is 0 Å². The molecule has 1 aromatic carbocycles. The van der Waals surface area contributed by atoms with Crippen LogP contribution in [0.5, 0.6) is 0 Å². The lowest BCUT2D eigenvalue weighted by Gasteiger charge is -2.13. The van der Waals surface area contributed by atoms with Crippen molar-refractivity contribution in [1.29, 1.82) is 0 Å². The second-order valence-electron chi connectivity index (χ2n) is 4.12. The van der Waals surface area contributed by atoms with Crippen molar-refractivity contribution in [3.63, 3.8) is 0 Å². The molecule has 2 rings (SSSR count). The Labute approximate surface area is 116 Å². The van der Waals surface area contributed by atoms with Crippen LogP contribution in [0, 0.1) is 0 Å². The third-order valence-electron chi connectivity index (χ3n) is 3.01. The predicted octanol–water partition coefficient (Wildman–Crippen LogP) is 4.33. The molecule has 0 aliphatic heterocycles. The van der Waals surface area contributed by atoms with Gasteiger partial charge < -0.3 is 10.3 Å². The van der Waals surface area contributed by atoms with E-state index in [9.17, 15) is 4.57 Å². The van der Waals surface area contributed by atoms with Gasteiger partial charge in [0.1, 0.15) is 0 Å². The summed E-state index contributed by atoms with van der Waals surface area (Å²) in [6.07, 6.45) is 1.54. The zero-order valence-corrected chi connectivity index (χ0v) is 13.1. The zero-order chi connectivity index (χ0) is 13.2. The van der Waals surface area contributed by atoms with Gasteiger partial charge in [-0.15, -0.1) is 11.8 Å². The highest BCUT2D eigenvalue weighted by Gasteiger charge is 2.18. The van der Waals surface area contributed by atoms with E-state index < -0.39 is 7.14 Å². The van der Waals surface area contributed by atoms with E-state index in [1.54, 1.807) is 11.8 Å². The lowest BCUT2D eigenvalue weighted by atomic mass is 10.3. The van der Waals surface area contributed by atoms with Crippen LogP contribution in [0.3, 0.4) is 0 Å². The Morgan fingerprint density at radius 3 is 2.78 bits per heavy atom. The molecule has 0 saturated carbocycles. The van der Waals surface area contributed by atoms with E-state index in [1.165, 1.54) is 11.3 Å². The monoisotopic (exact) mass is 300 g/mol. The highest BCUT2D eigenvalue weighted by atomic mass is 32.2. The van der Waals surface area contributed by atoms with Crippen LogP contribution in [-0.4, -0.2) is 22.8 Å². The second-order valence-corrected chi connectivity index (χ2v) is 10.3. The topological polar surface area (TPSA) is 56.0 Å². The molecule has 2 N–H and O–H groups in total. The van der Waals surface area contributed by atoms with Gasteiger partial charge in [-0.25, -0.2) is 4.98 Å². The van der Waals surface area contributed by atoms with Crippen molar-refractivity contribution in [1.82, 2.24) is 4.98 Å². The summed E-state index contributed by atoms with van der Waals surface area (Å²) in [5.74, 6) is 0. The molecule has 0 fully saturated rings. The van der Waals surface area contributed by atoms with Gasteiger partial charge in [0.2, 0.25) is 0 Å². The van der Waals surface area contributed by atoms with Crippen molar-refractivity contribution < 1.29 is 4.57 Å². The summed E-state index contributed by atoms with van der Waals surface area (Å²) in [5, 5.41) is 0.590. The normalized spacial score (nSPS) is 12.1. The number of rotatable bonds is 5. The van der Waals surface area contributed by atoms with Crippen LogP contribution in [0.1, 0.15) is 13.8 Å². The molecule has 98 valence electrons. The number of nitrogen functional groups attached to an aromatic ring is 1. The van der Waals surface area contributed by atoms with E-state index in [2.05, 4.69) is 4.98 Å². The molecule has 0 aliphatic carbocycles. The van der Waals surface area contributed by atoms with E-state index in [0.717, 1.165) is 27.4 Å². The second kappa shape index (κ2) is 5.64. The maximum atomic E-state index is 12.4. The molecule has 1 heterocycles. The van der Waals surface area contributed by atoms with Crippen LogP contribution in [0.25, 0.3) is 10.2 Å². The van der Waals surface area contributed by atoms with Gasteiger partial charge in [-0.05, 0) is 24.5 Å². The van der Waals surface area contributed by atoms with Crippen LogP contribution in [0.2, 0.25) is 0 Å². The summed E-state index contributed by atoms with van der Waals surface area (Å²) in [6.45, 7) is 4.01. The van der Waals surface area contributed by atoms with Gasteiger partial charge in [-0.3, -0.25) is 0 Å². The number of hydrogen-bond donors (Lipinski definition) is 1. The van der Waals surface area contributed by atoms with E-state index in [0.29, 0.717) is 10.6 Å². The standard InChI is InChI=1S/C12H17N2OPS2/c1-3-16(15,4-2)8-17-9-6-5-7-10-11(9)14-12(13)18-10/h5-7H,3-4,8H2,1-2H3,(H2,13,14). The number of thioether (sulfide) groups is 1. The molecule has 0 aliphatic rings. The Morgan fingerprint density at radius 1 is 1.39 bits per heavy atom. The van der Waals surface area contributed by atoms with Gasteiger partial charge in [0.15, 0.2) is 5.13 Å². The van der Waals surface area contributed by atoms with Gasteiger partial charge >= 0.3 is 0 Å². The first kappa shape index (κ1) is 13.9. The van der Waals surface area contributed by atoms with E-state index >= 15 is 0 Å². The highest BCUT2D eigenvalue weighted by Crippen LogP contribution is 2.49. The maximum absolute atomic E-state index is 12.4. The summed E-state index contributed by atoms with van der Waals surface area (Å²) in [7, 11) is -2.01. The smallest absolute Gasteiger partial charge is 0.181 e. The lowest BCUT2D eigenvalue weighted by molar-refractivity contribution is 0.579. The van der Waals surface area contributed by atoms with Crippen molar-refractivity contribution in [3.05, 3.63) is 18.2 Å². The van der Waals surface area contributed by atoms with Crippen LogP contribution in [-0.2, 0) is 4.57 Å². The van der Waals surface area contributed by atoms with Crippen molar-refractivity contribution >= 4 is 45.6 Å². The average Bonchev–Trinajstić information content (AvgIpc) is 2.76. The van der Waals surface area contributed by atoms with Gasteiger partial charge in [-0.1, -0.05) is 31.3 Å². The third kappa shape index (κ3) is 2.90. The van der Waals surface area contributed by atoms with Crippen LogP contribution >= 0.6 is 30.2 Å². The first-order chi connectivity index (χ1) is 8.58. The molecule has 0 radical (unpaired) electrons. The highest BCUT2D eigenvalue weighted by molar-refractivity contribution is 8.05. The fraction of sp³-hybridized carbons (Fsp3) is 0.417. The number of aromatic nitrogens is 1. The number of benzene rings is 1. The van der Waals surface area contributed by atoms with Crippen molar-refractivity contribution in [3.8, 4) is 0 Å². The maximum Gasteiger partial charge on any atom is 0.181 e. The van der Waals surface area contributed by atoms with Crippen molar-refractivity contribution in [2.45, 2.75) is 18.7 Å². The van der Waals surface area contributed by atoms with Gasteiger partial charge in [0.05, 0.1) is 22.9 Å². The Bertz CT molecular complexity index is 589. The minimum Gasteiger partial charge on any atom is -0.375 e. The van der Waals surface area contributed by atoms with E-state index in [1.807, 2.05) is 32.0 Å². The van der Waals surface area contributed by atoms with Gasteiger partial charge in [-0.2, -0.15) is 0 Å². The Balaban J connectivity index is 2.24. The Morgan fingerprint density at radius 2 is 2.11 bits per heavy atom. The molecule has 0 unspecified atom stereocenters. The number of nitrogens with zero attached hydrogens (tertiary/aromatic N) is 1. The molecule has 1 aromatic heterocycles. The van der Waals surface area contributed by atoms with E-state index in [4.69, 9.17) is 5.73 Å². The summed E-state index contributed by atoms with van der Waals surface area (Å²) in [4.78, 5) is 5.44. The molecule has 3 nitrogen and oxygen atoms in total. The molecule has 0 amide bonds. The molecule has 18 heavy (non-hydrogen) atoms. The van der Waals surface area contributed by atoms with Gasteiger partial charge in [0, 0.05) is 4.90 Å². The predicted molar refractivity (Wildman–Crippen MR) is 83.4 cm³/mol. The first-order valence-electron chi connectivity index (χ1n) is 5.93. The molecule has 6 heteroatoms. The molecular weight excluding hydrogens is 283 g/mol. The molecular formula is C12H17N2OPS2. The minimum atomic E-state index is -2.01. The van der Waals surface area contributed by atoms with Crippen molar-refractivity contribution in [2.24, 2.45) is 0 Å². The van der Waals surface area contributed by atoms with Crippen LogP contribution in [0.4, 0.5) is 5.13 Å². The quantitative estimate of drug-likeness (QED) is 0.659. The summed E-state index contributed by atoms with van der Waals surface area (Å²) in [5.41, 5.74) is 7.38. The first-order valence-corrected chi connectivity index (χ1v) is 9.99.